The fraction of sp³-hybridized carbons (Fsp3) is 0.647. The molecule has 20 heavy (non-hydrogen) atoms. The third kappa shape index (κ3) is 3.05. The standard InChI is InChI=1S/C17H26N2O/c1-13(2)19-8-7-14(10-19)9-18-17-12-20-11-15-5-3-4-6-16(15)17/h3-6,13-14,17-18H,7-12H2,1-2H3. The van der Waals surface area contributed by atoms with E-state index in [1.807, 2.05) is 0 Å². The van der Waals surface area contributed by atoms with Crippen molar-refractivity contribution in [2.45, 2.75) is 39.0 Å². The molecule has 0 saturated carbocycles. The molecule has 0 bridgehead atoms. The molecule has 0 spiro atoms. The molecule has 0 amide bonds. The molecule has 2 unspecified atom stereocenters. The van der Waals surface area contributed by atoms with Crippen molar-refractivity contribution < 1.29 is 4.74 Å². The van der Waals surface area contributed by atoms with E-state index in [-0.39, 0.29) is 0 Å². The third-order valence-corrected chi connectivity index (χ3v) is 4.67. The minimum atomic E-state index is 0.369. The van der Waals surface area contributed by atoms with Crippen molar-refractivity contribution in [1.29, 1.82) is 0 Å². The number of likely N-dealkylation sites (tertiary alicyclic amines) is 1. The van der Waals surface area contributed by atoms with Crippen molar-refractivity contribution in [1.82, 2.24) is 10.2 Å². The van der Waals surface area contributed by atoms with E-state index < -0.39 is 0 Å². The summed E-state index contributed by atoms with van der Waals surface area (Å²) >= 11 is 0. The highest BCUT2D eigenvalue weighted by Crippen LogP contribution is 2.25. The second-order valence-corrected chi connectivity index (χ2v) is 6.42. The molecule has 1 aromatic carbocycles. The van der Waals surface area contributed by atoms with Gasteiger partial charge in [0.2, 0.25) is 0 Å². The Bertz CT molecular complexity index is 446. The highest BCUT2D eigenvalue weighted by atomic mass is 16.5. The summed E-state index contributed by atoms with van der Waals surface area (Å²) in [6, 6.07) is 9.70. The zero-order valence-electron chi connectivity index (χ0n) is 12.6. The summed E-state index contributed by atoms with van der Waals surface area (Å²) in [5.74, 6) is 0.784. The van der Waals surface area contributed by atoms with Gasteiger partial charge in [-0.05, 0) is 50.4 Å². The molecular formula is C17H26N2O. The second kappa shape index (κ2) is 6.25. The summed E-state index contributed by atoms with van der Waals surface area (Å²) in [7, 11) is 0. The summed E-state index contributed by atoms with van der Waals surface area (Å²) in [6.07, 6.45) is 1.32. The van der Waals surface area contributed by atoms with Crippen molar-refractivity contribution in [2.75, 3.05) is 26.2 Å². The Morgan fingerprint density at radius 1 is 1.35 bits per heavy atom. The Hall–Kier alpha value is -0.900. The highest BCUT2D eigenvalue weighted by Gasteiger charge is 2.26. The minimum Gasteiger partial charge on any atom is -0.375 e. The Labute approximate surface area is 122 Å². The summed E-state index contributed by atoms with van der Waals surface area (Å²) < 4.78 is 5.71. The lowest BCUT2D eigenvalue weighted by atomic mass is 9.98. The van der Waals surface area contributed by atoms with Crippen LogP contribution in [-0.4, -0.2) is 37.2 Å². The van der Waals surface area contributed by atoms with Crippen molar-refractivity contribution >= 4 is 0 Å². The smallest absolute Gasteiger partial charge is 0.0721 e. The topological polar surface area (TPSA) is 24.5 Å². The third-order valence-electron chi connectivity index (χ3n) is 4.67. The van der Waals surface area contributed by atoms with Crippen LogP contribution in [0.1, 0.15) is 37.4 Å². The predicted molar refractivity (Wildman–Crippen MR) is 81.7 cm³/mol. The van der Waals surface area contributed by atoms with Crippen LogP contribution in [0.25, 0.3) is 0 Å². The van der Waals surface area contributed by atoms with Gasteiger partial charge in [-0.2, -0.15) is 0 Å². The van der Waals surface area contributed by atoms with Crippen molar-refractivity contribution in [2.24, 2.45) is 5.92 Å². The number of benzene rings is 1. The van der Waals surface area contributed by atoms with Crippen LogP contribution in [0.2, 0.25) is 0 Å². The average molecular weight is 274 g/mol. The normalized spacial score (nSPS) is 26.9. The Morgan fingerprint density at radius 2 is 2.20 bits per heavy atom. The number of fused-ring (bicyclic) bond motifs is 1. The maximum Gasteiger partial charge on any atom is 0.0721 e. The Morgan fingerprint density at radius 3 is 3.00 bits per heavy atom. The molecule has 0 aromatic heterocycles. The number of hydrogen-bond donors (Lipinski definition) is 1. The van der Waals surface area contributed by atoms with Crippen LogP contribution in [0.4, 0.5) is 0 Å². The first-order valence-corrected chi connectivity index (χ1v) is 7.87. The highest BCUT2D eigenvalue weighted by molar-refractivity contribution is 5.31. The van der Waals surface area contributed by atoms with Gasteiger partial charge in [-0.15, -0.1) is 0 Å². The summed E-state index contributed by atoms with van der Waals surface area (Å²) in [5, 5.41) is 3.73. The molecule has 0 aliphatic carbocycles. The van der Waals surface area contributed by atoms with Gasteiger partial charge in [-0.1, -0.05) is 24.3 Å². The van der Waals surface area contributed by atoms with Crippen LogP contribution in [0.5, 0.6) is 0 Å². The van der Waals surface area contributed by atoms with Crippen molar-refractivity contribution in [3.05, 3.63) is 35.4 Å². The van der Waals surface area contributed by atoms with Gasteiger partial charge in [0.05, 0.1) is 19.3 Å². The maximum atomic E-state index is 5.71. The van der Waals surface area contributed by atoms with Gasteiger partial charge in [0.15, 0.2) is 0 Å². The molecule has 2 aliphatic heterocycles. The number of rotatable bonds is 4. The number of nitrogens with one attached hydrogen (secondary N) is 1. The average Bonchev–Trinajstić information content (AvgIpc) is 2.94. The van der Waals surface area contributed by atoms with Gasteiger partial charge in [0.25, 0.3) is 0 Å². The molecule has 110 valence electrons. The van der Waals surface area contributed by atoms with Gasteiger partial charge >= 0.3 is 0 Å². The molecule has 1 saturated heterocycles. The molecule has 3 rings (SSSR count). The fourth-order valence-electron chi connectivity index (χ4n) is 3.36. The molecule has 0 radical (unpaired) electrons. The van der Waals surface area contributed by atoms with E-state index >= 15 is 0 Å². The van der Waals surface area contributed by atoms with Crippen LogP contribution in [-0.2, 0) is 11.3 Å². The fourth-order valence-corrected chi connectivity index (χ4v) is 3.36. The van der Waals surface area contributed by atoms with Crippen molar-refractivity contribution in [3.63, 3.8) is 0 Å². The summed E-state index contributed by atoms with van der Waals surface area (Å²) in [5.41, 5.74) is 2.77. The number of nitrogens with zero attached hydrogens (tertiary/aromatic N) is 1. The van der Waals surface area contributed by atoms with Crippen LogP contribution < -0.4 is 5.32 Å². The van der Waals surface area contributed by atoms with Crippen LogP contribution in [0, 0.1) is 5.92 Å². The monoisotopic (exact) mass is 274 g/mol. The molecule has 1 aromatic rings. The lowest BCUT2D eigenvalue weighted by molar-refractivity contribution is 0.0809. The van der Waals surface area contributed by atoms with Crippen LogP contribution in [0.3, 0.4) is 0 Å². The lowest BCUT2D eigenvalue weighted by Crippen LogP contribution is -2.35. The summed E-state index contributed by atoms with van der Waals surface area (Å²) in [4.78, 5) is 2.58. The van der Waals surface area contributed by atoms with Crippen LogP contribution in [0.15, 0.2) is 24.3 Å². The largest absolute Gasteiger partial charge is 0.375 e. The molecule has 2 aliphatic rings. The number of ether oxygens (including phenoxy) is 1. The SMILES string of the molecule is CC(C)N1CCC(CNC2COCc3ccccc32)C1. The van der Waals surface area contributed by atoms with Gasteiger partial charge in [-0.3, -0.25) is 0 Å². The zero-order valence-corrected chi connectivity index (χ0v) is 12.6. The van der Waals surface area contributed by atoms with E-state index in [2.05, 4.69) is 48.3 Å². The summed E-state index contributed by atoms with van der Waals surface area (Å²) in [6.45, 7) is 9.74. The quantitative estimate of drug-likeness (QED) is 0.913. The molecule has 1 fully saturated rings. The van der Waals surface area contributed by atoms with E-state index in [0.29, 0.717) is 12.1 Å². The van der Waals surface area contributed by atoms with E-state index in [1.54, 1.807) is 0 Å². The van der Waals surface area contributed by atoms with E-state index in [9.17, 15) is 0 Å². The molecule has 2 heterocycles. The first kappa shape index (κ1) is 14.1. The van der Waals surface area contributed by atoms with Gasteiger partial charge in [0, 0.05) is 12.6 Å². The second-order valence-electron chi connectivity index (χ2n) is 6.42. The lowest BCUT2D eigenvalue weighted by Gasteiger charge is -2.28. The molecule has 1 N–H and O–H groups in total. The van der Waals surface area contributed by atoms with Gasteiger partial charge < -0.3 is 15.0 Å². The van der Waals surface area contributed by atoms with Crippen LogP contribution >= 0.6 is 0 Å². The predicted octanol–water partition coefficient (Wildman–Crippen LogP) is 2.58. The van der Waals surface area contributed by atoms with E-state index in [1.165, 1.54) is 30.6 Å². The number of hydrogen-bond acceptors (Lipinski definition) is 3. The van der Waals surface area contributed by atoms with Gasteiger partial charge in [0.1, 0.15) is 0 Å². The van der Waals surface area contributed by atoms with E-state index in [4.69, 9.17) is 4.74 Å². The van der Waals surface area contributed by atoms with Gasteiger partial charge in [-0.25, -0.2) is 0 Å². The molecule has 3 nitrogen and oxygen atoms in total. The minimum absolute atomic E-state index is 0.369. The molecular weight excluding hydrogens is 248 g/mol. The zero-order chi connectivity index (χ0) is 13.9. The van der Waals surface area contributed by atoms with E-state index in [0.717, 1.165) is 25.7 Å². The first-order chi connectivity index (χ1) is 9.74. The Balaban J connectivity index is 1.55. The van der Waals surface area contributed by atoms with Crippen molar-refractivity contribution in [3.8, 4) is 0 Å². The maximum absolute atomic E-state index is 5.71. The molecule has 2 atom stereocenters. The first-order valence-electron chi connectivity index (χ1n) is 7.87. The Kier molecular flexibility index (Phi) is 4.39. The molecule has 3 heteroatoms.